The quantitative estimate of drug-likeness (QED) is 0.669. The molecule has 1 heterocycles. The standard InChI is InChI=1S/C16H32N2O2/c1-12(14-6-5-7-17-10-14)8-15(20)18-11-16(3,4)9-13(2)19/h12-14,17,19H,5-11H2,1-4H3,(H,18,20). The molecule has 0 aromatic carbocycles. The molecule has 3 unspecified atom stereocenters. The Hall–Kier alpha value is -0.610. The molecule has 4 heteroatoms. The molecule has 4 nitrogen and oxygen atoms in total. The molecule has 1 amide bonds. The molecule has 1 rings (SSSR count). The van der Waals surface area contributed by atoms with Crippen LogP contribution in [0.25, 0.3) is 0 Å². The fourth-order valence-electron chi connectivity index (χ4n) is 3.11. The highest BCUT2D eigenvalue weighted by Gasteiger charge is 2.24. The Morgan fingerprint density at radius 3 is 2.70 bits per heavy atom. The highest BCUT2D eigenvalue weighted by atomic mass is 16.3. The summed E-state index contributed by atoms with van der Waals surface area (Å²) in [5, 5.41) is 15.9. The molecule has 1 saturated heterocycles. The molecular formula is C16H32N2O2. The molecule has 0 aliphatic carbocycles. The van der Waals surface area contributed by atoms with Gasteiger partial charge in [0.15, 0.2) is 0 Å². The van der Waals surface area contributed by atoms with Crippen LogP contribution in [-0.4, -0.2) is 36.8 Å². The number of aliphatic hydroxyl groups is 1. The number of carbonyl (C=O) groups is 1. The molecule has 3 atom stereocenters. The Bertz CT molecular complexity index is 297. The average molecular weight is 284 g/mol. The normalized spacial score (nSPS) is 23.1. The number of carbonyl (C=O) groups excluding carboxylic acids is 1. The topological polar surface area (TPSA) is 61.4 Å². The van der Waals surface area contributed by atoms with Crippen molar-refractivity contribution in [3.63, 3.8) is 0 Å². The maximum Gasteiger partial charge on any atom is 0.220 e. The van der Waals surface area contributed by atoms with E-state index in [-0.39, 0.29) is 17.4 Å². The first-order chi connectivity index (χ1) is 9.30. The molecular weight excluding hydrogens is 252 g/mol. The second-order valence-electron chi connectivity index (χ2n) is 7.28. The van der Waals surface area contributed by atoms with Gasteiger partial charge in [0.05, 0.1) is 6.10 Å². The molecule has 1 fully saturated rings. The van der Waals surface area contributed by atoms with Gasteiger partial charge in [-0.25, -0.2) is 0 Å². The zero-order valence-electron chi connectivity index (χ0n) is 13.5. The van der Waals surface area contributed by atoms with Crippen LogP contribution in [0, 0.1) is 17.3 Å². The molecule has 0 radical (unpaired) electrons. The first-order valence-corrected chi connectivity index (χ1v) is 7.95. The van der Waals surface area contributed by atoms with Crippen molar-refractivity contribution < 1.29 is 9.90 Å². The summed E-state index contributed by atoms with van der Waals surface area (Å²) in [6, 6.07) is 0. The lowest BCUT2D eigenvalue weighted by Gasteiger charge is -2.29. The lowest BCUT2D eigenvalue weighted by atomic mass is 9.84. The number of rotatable bonds is 7. The Balaban J connectivity index is 2.28. The fourth-order valence-corrected chi connectivity index (χ4v) is 3.11. The van der Waals surface area contributed by atoms with Crippen LogP contribution >= 0.6 is 0 Å². The number of aliphatic hydroxyl groups excluding tert-OH is 1. The summed E-state index contributed by atoms with van der Waals surface area (Å²) < 4.78 is 0. The van der Waals surface area contributed by atoms with E-state index in [1.165, 1.54) is 12.8 Å². The summed E-state index contributed by atoms with van der Waals surface area (Å²) in [4.78, 5) is 12.0. The van der Waals surface area contributed by atoms with Crippen LogP contribution in [0.4, 0.5) is 0 Å². The highest BCUT2D eigenvalue weighted by molar-refractivity contribution is 5.76. The Kier molecular flexibility index (Phi) is 6.96. The van der Waals surface area contributed by atoms with E-state index in [9.17, 15) is 9.90 Å². The van der Waals surface area contributed by atoms with Gasteiger partial charge in [-0.15, -0.1) is 0 Å². The molecule has 20 heavy (non-hydrogen) atoms. The number of amides is 1. The van der Waals surface area contributed by atoms with Crippen LogP contribution in [0.3, 0.4) is 0 Å². The van der Waals surface area contributed by atoms with Gasteiger partial charge < -0.3 is 15.7 Å². The Morgan fingerprint density at radius 2 is 2.15 bits per heavy atom. The van der Waals surface area contributed by atoms with E-state index in [1.807, 2.05) is 0 Å². The highest BCUT2D eigenvalue weighted by Crippen LogP contribution is 2.23. The minimum atomic E-state index is -0.325. The largest absolute Gasteiger partial charge is 0.393 e. The van der Waals surface area contributed by atoms with Crippen LogP contribution in [0.1, 0.15) is 53.4 Å². The maximum absolute atomic E-state index is 12.0. The van der Waals surface area contributed by atoms with Gasteiger partial charge in [-0.1, -0.05) is 20.8 Å². The summed E-state index contributed by atoms with van der Waals surface area (Å²) in [5.41, 5.74) is -0.0561. The number of hydrogen-bond donors (Lipinski definition) is 3. The zero-order valence-corrected chi connectivity index (χ0v) is 13.5. The molecule has 0 saturated carbocycles. The predicted octanol–water partition coefficient (Wildman–Crippen LogP) is 1.93. The molecule has 0 spiro atoms. The second kappa shape index (κ2) is 7.99. The smallest absolute Gasteiger partial charge is 0.220 e. The first-order valence-electron chi connectivity index (χ1n) is 7.95. The number of piperidine rings is 1. The summed E-state index contributed by atoms with van der Waals surface area (Å²) in [6.07, 6.45) is 3.44. The molecule has 3 N–H and O–H groups in total. The molecule has 0 bridgehead atoms. The van der Waals surface area contributed by atoms with Gasteiger partial charge in [0.25, 0.3) is 0 Å². The van der Waals surface area contributed by atoms with Crippen LogP contribution in [0.15, 0.2) is 0 Å². The lowest BCUT2D eigenvalue weighted by Crippen LogP contribution is -2.38. The van der Waals surface area contributed by atoms with Crippen molar-refractivity contribution in [2.24, 2.45) is 17.3 Å². The minimum Gasteiger partial charge on any atom is -0.393 e. The van der Waals surface area contributed by atoms with E-state index < -0.39 is 0 Å². The predicted molar refractivity (Wildman–Crippen MR) is 82.5 cm³/mol. The van der Waals surface area contributed by atoms with Crippen molar-refractivity contribution in [1.82, 2.24) is 10.6 Å². The second-order valence-corrected chi connectivity index (χ2v) is 7.28. The summed E-state index contributed by atoms with van der Waals surface area (Å²) >= 11 is 0. The maximum atomic E-state index is 12.0. The molecule has 1 aliphatic rings. The summed E-state index contributed by atoms with van der Waals surface area (Å²) in [5.74, 6) is 1.20. The van der Waals surface area contributed by atoms with Crippen molar-refractivity contribution in [3.05, 3.63) is 0 Å². The van der Waals surface area contributed by atoms with Gasteiger partial charge in [0, 0.05) is 13.0 Å². The van der Waals surface area contributed by atoms with Crippen molar-refractivity contribution in [2.75, 3.05) is 19.6 Å². The van der Waals surface area contributed by atoms with E-state index in [0.717, 1.165) is 13.1 Å². The molecule has 0 aromatic rings. The molecule has 0 aromatic heterocycles. The minimum absolute atomic E-state index is 0.0561. The van der Waals surface area contributed by atoms with E-state index >= 15 is 0 Å². The first kappa shape index (κ1) is 17.4. The van der Waals surface area contributed by atoms with Gasteiger partial charge in [0.2, 0.25) is 5.91 Å². The van der Waals surface area contributed by atoms with Crippen LogP contribution in [-0.2, 0) is 4.79 Å². The third kappa shape index (κ3) is 6.71. The van der Waals surface area contributed by atoms with Crippen LogP contribution in [0.2, 0.25) is 0 Å². The molecule has 118 valence electrons. The summed E-state index contributed by atoms with van der Waals surface area (Å²) in [7, 11) is 0. The van der Waals surface area contributed by atoms with Crippen LogP contribution in [0.5, 0.6) is 0 Å². The third-order valence-electron chi connectivity index (χ3n) is 4.26. The Morgan fingerprint density at radius 1 is 1.45 bits per heavy atom. The van der Waals surface area contributed by atoms with Crippen molar-refractivity contribution in [1.29, 1.82) is 0 Å². The van der Waals surface area contributed by atoms with E-state index in [4.69, 9.17) is 0 Å². The zero-order chi connectivity index (χ0) is 15.2. The average Bonchev–Trinajstić information content (AvgIpc) is 2.36. The van der Waals surface area contributed by atoms with Crippen molar-refractivity contribution in [2.45, 2.75) is 59.5 Å². The number of hydrogen-bond acceptors (Lipinski definition) is 3. The number of nitrogens with one attached hydrogen (secondary N) is 2. The monoisotopic (exact) mass is 284 g/mol. The molecule has 1 aliphatic heterocycles. The van der Waals surface area contributed by atoms with Gasteiger partial charge in [0.1, 0.15) is 0 Å². The Labute approximate surface area is 123 Å². The lowest BCUT2D eigenvalue weighted by molar-refractivity contribution is -0.122. The van der Waals surface area contributed by atoms with E-state index in [2.05, 4.69) is 31.4 Å². The third-order valence-corrected chi connectivity index (χ3v) is 4.26. The van der Waals surface area contributed by atoms with E-state index in [1.54, 1.807) is 6.92 Å². The van der Waals surface area contributed by atoms with Crippen molar-refractivity contribution >= 4 is 5.91 Å². The van der Waals surface area contributed by atoms with E-state index in [0.29, 0.717) is 31.2 Å². The van der Waals surface area contributed by atoms with Gasteiger partial charge in [-0.2, -0.15) is 0 Å². The van der Waals surface area contributed by atoms with Gasteiger partial charge >= 0.3 is 0 Å². The van der Waals surface area contributed by atoms with Gasteiger partial charge in [-0.05, 0) is 56.5 Å². The van der Waals surface area contributed by atoms with Crippen LogP contribution < -0.4 is 10.6 Å². The van der Waals surface area contributed by atoms with Crippen molar-refractivity contribution in [3.8, 4) is 0 Å². The summed E-state index contributed by atoms with van der Waals surface area (Å²) in [6.45, 7) is 10.9. The fraction of sp³-hybridized carbons (Fsp3) is 0.938. The van der Waals surface area contributed by atoms with Gasteiger partial charge in [-0.3, -0.25) is 4.79 Å². The SMILES string of the molecule is CC(O)CC(C)(C)CNC(=O)CC(C)C1CCCNC1.